The highest BCUT2D eigenvalue weighted by atomic mass is 32.2. The Morgan fingerprint density at radius 2 is 1.33 bits per heavy atom. The van der Waals surface area contributed by atoms with E-state index in [1.165, 1.54) is 19.3 Å². The molecule has 3 nitrogen and oxygen atoms in total. The maximum atomic E-state index is 12.5. The molecule has 0 aliphatic carbocycles. The lowest BCUT2D eigenvalue weighted by molar-refractivity contribution is 0.180. The summed E-state index contributed by atoms with van der Waals surface area (Å²) in [7, 11) is -3.66. The van der Waals surface area contributed by atoms with Crippen LogP contribution in [0.15, 0.2) is 29.2 Å². The molecule has 1 unspecified atom stereocenters. The molecule has 0 saturated carbocycles. The highest BCUT2D eigenvalue weighted by Gasteiger charge is 2.21. The SMILES string of the molecule is CCCCCCCC(CCCCC)OS(=O)(=O)c1ccc(C)cc1. The minimum Gasteiger partial charge on any atom is -0.263 e. The maximum absolute atomic E-state index is 12.5. The number of rotatable bonds is 13. The predicted octanol–water partition coefficient (Wildman–Crippen LogP) is 6.01. The van der Waals surface area contributed by atoms with E-state index in [-0.39, 0.29) is 11.0 Å². The maximum Gasteiger partial charge on any atom is 0.297 e. The molecule has 0 bridgehead atoms. The van der Waals surface area contributed by atoms with E-state index in [2.05, 4.69) is 13.8 Å². The van der Waals surface area contributed by atoms with Gasteiger partial charge in [-0.25, -0.2) is 0 Å². The van der Waals surface area contributed by atoms with E-state index in [1.807, 2.05) is 19.1 Å². The van der Waals surface area contributed by atoms with Crippen molar-refractivity contribution in [1.29, 1.82) is 0 Å². The van der Waals surface area contributed by atoms with Crippen LogP contribution in [-0.4, -0.2) is 14.5 Å². The van der Waals surface area contributed by atoms with Crippen LogP contribution in [0, 0.1) is 6.92 Å². The minimum absolute atomic E-state index is 0.190. The summed E-state index contributed by atoms with van der Waals surface area (Å²) in [6.45, 7) is 6.30. The van der Waals surface area contributed by atoms with Gasteiger partial charge < -0.3 is 0 Å². The first kappa shape index (κ1) is 21.2. The van der Waals surface area contributed by atoms with Crippen molar-refractivity contribution in [2.45, 2.75) is 96.0 Å². The van der Waals surface area contributed by atoms with Crippen LogP contribution in [-0.2, 0) is 14.3 Å². The lowest BCUT2D eigenvalue weighted by Gasteiger charge is -2.17. The Labute approximate surface area is 148 Å². The van der Waals surface area contributed by atoms with E-state index < -0.39 is 10.1 Å². The Bertz CT molecular complexity index is 535. The van der Waals surface area contributed by atoms with E-state index in [1.54, 1.807) is 12.1 Å². The highest BCUT2D eigenvalue weighted by molar-refractivity contribution is 7.86. The molecule has 1 aromatic carbocycles. The van der Waals surface area contributed by atoms with Crippen molar-refractivity contribution in [2.75, 3.05) is 0 Å². The van der Waals surface area contributed by atoms with E-state index >= 15 is 0 Å². The summed E-state index contributed by atoms with van der Waals surface area (Å²) in [6.07, 6.45) is 10.7. The molecule has 0 heterocycles. The van der Waals surface area contributed by atoms with Crippen LogP contribution in [0.5, 0.6) is 0 Å². The molecule has 0 radical (unpaired) electrons. The zero-order chi connectivity index (χ0) is 17.8. The van der Waals surface area contributed by atoms with Gasteiger partial charge in [-0.1, -0.05) is 82.9 Å². The molecule has 0 amide bonds. The monoisotopic (exact) mass is 354 g/mol. The molecular formula is C20H34O3S. The topological polar surface area (TPSA) is 43.4 Å². The standard InChI is InChI=1S/C20H34O3S/c1-4-6-8-9-11-13-19(12-10-7-5-2)23-24(21,22)20-16-14-18(3)15-17-20/h14-17,19H,4-13H2,1-3H3. The molecule has 0 spiro atoms. The predicted molar refractivity (Wildman–Crippen MR) is 101 cm³/mol. The van der Waals surface area contributed by atoms with Crippen molar-refractivity contribution < 1.29 is 12.6 Å². The Morgan fingerprint density at radius 3 is 1.92 bits per heavy atom. The summed E-state index contributed by atoms with van der Waals surface area (Å²) in [4.78, 5) is 0.263. The fourth-order valence-corrected chi connectivity index (χ4v) is 3.91. The first-order chi connectivity index (χ1) is 11.5. The summed E-state index contributed by atoms with van der Waals surface area (Å²) < 4.78 is 30.6. The summed E-state index contributed by atoms with van der Waals surface area (Å²) in [5.41, 5.74) is 1.05. The molecule has 0 aliphatic rings. The van der Waals surface area contributed by atoms with Crippen LogP contribution in [0.1, 0.15) is 83.6 Å². The third-order valence-electron chi connectivity index (χ3n) is 4.33. The van der Waals surface area contributed by atoms with Gasteiger partial charge in [-0.2, -0.15) is 8.42 Å². The first-order valence-electron chi connectivity index (χ1n) is 9.49. The van der Waals surface area contributed by atoms with Crippen molar-refractivity contribution in [3.63, 3.8) is 0 Å². The molecule has 4 heteroatoms. The molecular weight excluding hydrogens is 320 g/mol. The molecule has 24 heavy (non-hydrogen) atoms. The molecule has 0 fully saturated rings. The van der Waals surface area contributed by atoms with Crippen molar-refractivity contribution in [3.8, 4) is 0 Å². The number of hydrogen-bond acceptors (Lipinski definition) is 3. The van der Waals surface area contributed by atoms with Gasteiger partial charge in [0.1, 0.15) is 0 Å². The molecule has 1 atom stereocenters. The molecule has 0 aliphatic heterocycles. The van der Waals surface area contributed by atoms with Gasteiger partial charge in [0.05, 0.1) is 11.0 Å². The Hall–Kier alpha value is -0.870. The summed E-state index contributed by atoms with van der Waals surface area (Å²) in [6, 6.07) is 6.89. The number of benzene rings is 1. The van der Waals surface area contributed by atoms with Crippen LogP contribution < -0.4 is 0 Å². The van der Waals surface area contributed by atoms with Crippen molar-refractivity contribution in [3.05, 3.63) is 29.8 Å². The zero-order valence-electron chi connectivity index (χ0n) is 15.6. The van der Waals surface area contributed by atoms with Crippen molar-refractivity contribution >= 4 is 10.1 Å². The Morgan fingerprint density at radius 1 is 0.833 bits per heavy atom. The molecule has 138 valence electrons. The number of aryl methyl sites for hydroxylation is 1. The molecule has 0 N–H and O–H groups in total. The average molecular weight is 355 g/mol. The second-order valence-electron chi connectivity index (χ2n) is 6.68. The minimum atomic E-state index is -3.66. The average Bonchev–Trinajstić information content (AvgIpc) is 2.54. The van der Waals surface area contributed by atoms with Crippen LogP contribution in [0.4, 0.5) is 0 Å². The first-order valence-corrected chi connectivity index (χ1v) is 10.9. The van der Waals surface area contributed by atoms with Crippen molar-refractivity contribution in [2.24, 2.45) is 0 Å². The van der Waals surface area contributed by atoms with E-state index in [0.29, 0.717) is 0 Å². The van der Waals surface area contributed by atoms with Gasteiger partial charge in [-0.15, -0.1) is 0 Å². The quantitative estimate of drug-likeness (QED) is 0.322. The lowest BCUT2D eigenvalue weighted by Crippen LogP contribution is -2.19. The lowest BCUT2D eigenvalue weighted by atomic mass is 10.0. The van der Waals surface area contributed by atoms with E-state index in [4.69, 9.17) is 4.18 Å². The second kappa shape index (κ2) is 11.6. The molecule has 1 rings (SSSR count). The van der Waals surface area contributed by atoms with E-state index in [9.17, 15) is 8.42 Å². The van der Waals surface area contributed by atoms with Gasteiger partial charge in [0.15, 0.2) is 0 Å². The largest absolute Gasteiger partial charge is 0.297 e. The van der Waals surface area contributed by atoms with Gasteiger partial charge in [0, 0.05) is 0 Å². The van der Waals surface area contributed by atoms with Gasteiger partial charge in [0.2, 0.25) is 0 Å². The smallest absolute Gasteiger partial charge is 0.263 e. The van der Waals surface area contributed by atoms with Crippen LogP contribution >= 0.6 is 0 Å². The van der Waals surface area contributed by atoms with Gasteiger partial charge in [-0.05, 0) is 31.9 Å². The van der Waals surface area contributed by atoms with E-state index in [0.717, 1.165) is 50.5 Å². The Balaban J connectivity index is 2.62. The Kier molecular flexibility index (Phi) is 10.3. The number of unbranched alkanes of at least 4 members (excludes halogenated alkanes) is 6. The summed E-state index contributed by atoms with van der Waals surface area (Å²) >= 11 is 0. The van der Waals surface area contributed by atoms with Crippen LogP contribution in [0.2, 0.25) is 0 Å². The second-order valence-corrected chi connectivity index (χ2v) is 8.26. The summed E-state index contributed by atoms with van der Waals surface area (Å²) in [5, 5.41) is 0. The third-order valence-corrected chi connectivity index (χ3v) is 5.71. The van der Waals surface area contributed by atoms with Crippen LogP contribution in [0.3, 0.4) is 0 Å². The molecule has 1 aromatic rings. The third kappa shape index (κ3) is 8.29. The number of hydrogen-bond donors (Lipinski definition) is 0. The fourth-order valence-electron chi connectivity index (χ4n) is 2.78. The fraction of sp³-hybridized carbons (Fsp3) is 0.700. The van der Waals surface area contributed by atoms with Crippen molar-refractivity contribution in [1.82, 2.24) is 0 Å². The normalized spacial score (nSPS) is 13.1. The van der Waals surface area contributed by atoms with Gasteiger partial charge in [0.25, 0.3) is 10.1 Å². The molecule has 0 aromatic heterocycles. The van der Waals surface area contributed by atoms with Crippen LogP contribution in [0.25, 0.3) is 0 Å². The van der Waals surface area contributed by atoms with Gasteiger partial charge >= 0.3 is 0 Å². The summed E-state index contributed by atoms with van der Waals surface area (Å²) in [5.74, 6) is 0. The van der Waals surface area contributed by atoms with Gasteiger partial charge in [-0.3, -0.25) is 4.18 Å². The zero-order valence-corrected chi connectivity index (χ0v) is 16.4. The highest BCUT2D eigenvalue weighted by Crippen LogP contribution is 2.21. The molecule has 0 saturated heterocycles.